The topological polar surface area (TPSA) is 66.8 Å². The van der Waals surface area contributed by atoms with E-state index in [1.165, 1.54) is 0 Å². The number of phenolic OH excluding ortho intramolecular Hbond substituents is 1. The predicted octanol–water partition coefficient (Wildman–Crippen LogP) is 3.40. The normalized spacial score (nSPS) is 14.8. The van der Waals surface area contributed by atoms with E-state index < -0.39 is 0 Å². The quantitative estimate of drug-likeness (QED) is 0.823. The fourth-order valence-corrected chi connectivity index (χ4v) is 3.48. The molecule has 0 saturated carbocycles. The van der Waals surface area contributed by atoms with E-state index in [0.29, 0.717) is 44.5 Å². The van der Waals surface area contributed by atoms with Gasteiger partial charge in [-0.3, -0.25) is 9.59 Å². The molecule has 1 saturated heterocycles. The summed E-state index contributed by atoms with van der Waals surface area (Å²) in [7, 11) is 0. The number of rotatable bonds is 5. The molecule has 5 nitrogen and oxygen atoms in total. The van der Waals surface area contributed by atoms with Crippen LogP contribution in [0.1, 0.15) is 41.3 Å². The number of ether oxygens (including phenoxy) is 1. The first kappa shape index (κ1) is 19.0. The van der Waals surface area contributed by atoms with Gasteiger partial charge in [0.2, 0.25) is 0 Å². The molecule has 2 aromatic carbocycles. The molecule has 27 heavy (non-hydrogen) atoms. The van der Waals surface area contributed by atoms with Crippen molar-refractivity contribution in [2.24, 2.45) is 5.92 Å². The molecule has 1 fully saturated rings. The van der Waals surface area contributed by atoms with E-state index >= 15 is 0 Å². The van der Waals surface area contributed by atoms with E-state index in [2.05, 4.69) is 0 Å². The van der Waals surface area contributed by atoms with Crippen LogP contribution in [0.4, 0.5) is 0 Å². The zero-order valence-corrected chi connectivity index (χ0v) is 15.6. The molecule has 0 aliphatic carbocycles. The highest BCUT2D eigenvalue weighted by atomic mass is 16.5. The van der Waals surface area contributed by atoms with Gasteiger partial charge in [0.15, 0.2) is 0 Å². The molecule has 0 unspecified atom stereocenters. The van der Waals surface area contributed by atoms with Gasteiger partial charge in [0, 0.05) is 18.7 Å². The third kappa shape index (κ3) is 4.88. The highest BCUT2D eigenvalue weighted by Gasteiger charge is 2.28. The average Bonchev–Trinajstić information content (AvgIpc) is 2.68. The summed E-state index contributed by atoms with van der Waals surface area (Å²) in [5, 5.41) is 9.60. The Morgan fingerprint density at radius 1 is 1.07 bits per heavy atom. The lowest BCUT2D eigenvalue weighted by Crippen LogP contribution is -2.40. The Balaban J connectivity index is 1.63. The Morgan fingerprint density at radius 3 is 2.41 bits per heavy atom. The summed E-state index contributed by atoms with van der Waals surface area (Å²) in [4.78, 5) is 26.5. The fraction of sp³-hybridized carbons (Fsp3) is 0.364. The molecular weight excluding hydrogens is 342 g/mol. The van der Waals surface area contributed by atoms with Crippen LogP contribution in [0.15, 0.2) is 48.5 Å². The molecule has 0 spiro atoms. The third-order valence-electron chi connectivity index (χ3n) is 4.89. The lowest BCUT2D eigenvalue weighted by molar-refractivity contribution is -0.149. The molecule has 1 amide bonds. The van der Waals surface area contributed by atoms with E-state index in [0.717, 1.165) is 11.1 Å². The number of hydrogen-bond donors (Lipinski definition) is 1. The summed E-state index contributed by atoms with van der Waals surface area (Å²) in [6, 6.07) is 14.7. The Kier molecular flexibility index (Phi) is 6.12. The molecule has 2 aromatic rings. The number of phenols is 1. The average molecular weight is 367 g/mol. The van der Waals surface area contributed by atoms with Gasteiger partial charge in [0.05, 0.1) is 12.5 Å². The maximum atomic E-state index is 12.8. The molecular formula is C22H25NO4. The van der Waals surface area contributed by atoms with Crippen molar-refractivity contribution in [2.45, 2.75) is 26.2 Å². The zero-order valence-electron chi connectivity index (χ0n) is 15.6. The number of amides is 1. The highest BCUT2D eigenvalue weighted by Crippen LogP contribution is 2.21. The molecule has 5 heteroatoms. The third-order valence-corrected chi connectivity index (χ3v) is 4.89. The molecule has 0 radical (unpaired) electrons. The maximum absolute atomic E-state index is 12.8. The van der Waals surface area contributed by atoms with Crippen LogP contribution in [-0.2, 0) is 16.0 Å². The molecule has 1 N–H and O–H groups in total. The predicted molar refractivity (Wildman–Crippen MR) is 103 cm³/mol. The van der Waals surface area contributed by atoms with Crippen LogP contribution in [0, 0.1) is 5.92 Å². The summed E-state index contributed by atoms with van der Waals surface area (Å²) >= 11 is 0. The summed E-state index contributed by atoms with van der Waals surface area (Å²) in [6.07, 6.45) is 1.95. The van der Waals surface area contributed by atoms with Gasteiger partial charge >= 0.3 is 5.97 Å². The first-order valence-electron chi connectivity index (χ1n) is 9.39. The molecule has 3 rings (SSSR count). The summed E-state index contributed by atoms with van der Waals surface area (Å²) in [5.74, 6) is -0.0249. The minimum absolute atomic E-state index is 0.00457. The minimum Gasteiger partial charge on any atom is -0.508 e. The second-order valence-corrected chi connectivity index (χ2v) is 6.87. The van der Waals surface area contributed by atoms with Gasteiger partial charge in [-0.05, 0) is 61.6 Å². The lowest BCUT2D eigenvalue weighted by atomic mass is 9.96. The van der Waals surface area contributed by atoms with Crippen molar-refractivity contribution in [3.63, 3.8) is 0 Å². The Hall–Kier alpha value is -2.82. The number of aromatic hydroxyl groups is 1. The van der Waals surface area contributed by atoms with Gasteiger partial charge < -0.3 is 14.7 Å². The van der Waals surface area contributed by atoms with E-state index in [1.54, 1.807) is 19.1 Å². The van der Waals surface area contributed by atoms with Crippen LogP contribution in [-0.4, -0.2) is 41.6 Å². The molecule has 1 heterocycles. The first-order chi connectivity index (χ1) is 13.1. The van der Waals surface area contributed by atoms with E-state index in [4.69, 9.17) is 4.74 Å². The van der Waals surface area contributed by atoms with Crippen LogP contribution in [0.5, 0.6) is 5.75 Å². The van der Waals surface area contributed by atoms with E-state index in [-0.39, 0.29) is 23.5 Å². The smallest absolute Gasteiger partial charge is 0.309 e. The minimum atomic E-state index is -0.155. The van der Waals surface area contributed by atoms with Crippen LogP contribution in [0.3, 0.4) is 0 Å². The number of carbonyl (C=O) groups excluding carboxylic acids is 2. The zero-order chi connectivity index (χ0) is 19.2. The van der Waals surface area contributed by atoms with Crippen molar-refractivity contribution in [2.75, 3.05) is 19.7 Å². The van der Waals surface area contributed by atoms with Crippen LogP contribution in [0.2, 0.25) is 0 Å². The van der Waals surface area contributed by atoms with Crippen molar-refractivity contribution in [3.05, 3.63) is 65.2 Å². The van der Waals surface area contributed by atoms with Crippen molar-refractivity contribution in [1.29, 1.82) is 0 Å². The SMILES string of the molecule is CCOC(=O)C1CCN(C(=O)c2cccc(Cc3cccc(O)c3)c2)CC1. The second kappa shape index (κ2) is 8.71. The second-order valence-electron chi connectivity index (χ2n) is 6.87. The van der Waals surface area contributed by atoms with Crippen molar-refractivity contribution >= 4 is 11.9 Å². The van der Waals surface area contributed by atoms with Crippen molar-refractivity contribution < 1.29 is 19.4 Å². The van der Waals surface area contributed by atoms with Gasteiger partial charge in [0.1, 0.15) is 5.75 Å². The Bertz CT molecular complexity index is 809. The molecule has 0 aromatic heterocycles. The Labute approximate surface area is 159 Å². The molecule has 0 atom stereocenters. The number of benzene rings is 2. The van der Waals surface area contributed by atoms with Gasteiger partial charge in [-0.1, -0.05) is 24.3 Å². The van der Waals surface area contributed by atoms with Crippen molar-refractivity contribution in [1.82, 2.24) is 4.90 Å². The van der Waals surface area contributed by atoms with Crippen molar-refractivity contribution in [3.8, 4) is 5.75 Å². The standard InChI is InChI=1S/C22H25NO4/c1-2-27-22(26)18-9-11-23(12-10-18)21(25)19-7-3-5-16(14-19)13-17-6-4-8-20(24)15-17/h3-8,14-15,18,24H,2,9-13H2,1H3. The van der Waals surface area contributed by atoms with E-state index in [9.17, 15) is 14.7 Å². The molecule has 1 aliphatic heterocycles. The van der Waals surface area contributed by atoms with Gasteiger partial charge in [0.25, 0.3) is 5.91 Å². The fourth-order valence-electron chi connectivity index (χ4n) is 3.48. The first-order valence-corrected chi connectivity index (χ1v) is 9.39. The summed E-state index contributed by atoms with van der Waals surface area (Å²) in [5.41, 5.74) is 2.67. The van der Waals surface area contributed by atoms with Gasteiger partial charge in [-0.2, -0.15) is 0 Å². The molecule has 1 aliphatic rings. The summed E-state index contributed by atoms with van der Waals surface area (Å²) < 4.78 is 5.08. The number of likely N-dealkylation sites (tertiary alicyclic amines) is 1. The number of hydrogen-bond acceptors (Lipinski definition) is 4. The monoisotopic (exact) mass is 367 g/mol. The summed E-state index contributed by atoms with van der Waals surface area (Å²) in [6.45, 7) is 3.34. The number of piperidine rings is 1. The lowest BCUT2D eigenvalue weighted by Gasteiger charge is -2.31. The largest absolute Gasteiger partial charge is 0.508 e. The molecule has 0 bridgehead atoms. The number of esters is 1. The Morgan fingerprint density at radius 2 is 1.74 bits per heavy atom. The van der Waals surface area contributed by atoms with Gasteiger partial charge in [-0.15, -0.1) is 0 Å². The van der Waals surface area contributed by atoms with E-state index in [1.807, 2.05) is 41.3 Å². The highest BCUT2D eigenvalue weighted by molar-refractivity contribution is 5.94. The number of carbonyl (C=O) groups is 2. The maximum Gasteiger partial charge on any atom is 0.309 e. The number of nitrogens with zero attached hydrogens (tertiary/aromatic N) is 1. The molecule has 142 valence electrons. The van der Waals surface area contributed by atoms with Crippen LogP contribution in [0.25, 0.3) is 0 Å². The van der Waals surface area contributed by atoms with Crippen LogP contribution >= 0.6 is 0 Å². The van der Waals surface area contributed by atoms with Gasteiger partial charge in [-0.25, -0.2) is 0 Å². The van der Waals surface area contributed by atoms with Crippen LogP contribution < -0.4 is 0 Å².